The van der Waals surface area contributed by atoms with Gasteiger partial charge in [-0.05, 0) is 12.0 Å². The zero-order chi connectivity index (χ0) is 10.1. The molecule has 0 aromatic rings. The summed E-state index contributed by atoms with van der Waals surface area (Å²) in [5.41, 5.74) is 1.07. The number of rotatable bonds is 1. The van der Waals surface area contributed by atoms with Crippen LogP contribution in [0.4, 0.5) is 0 Å². The lowest BCUT2D eigenvalue weighted by molar-refractivity contribution is -0.142. The van der Waals surface area contributed by atoms with Gasteiger partial charge in [0.2, 0.25) is 0 Å². The largest absolute Gasteiger partial charge is 0.468 e. The van der Waals surface area contributed by atoms with E-state index in [2.05, 4.69) is 10.1 Å². The van der Waals surface area contributed by atoms with E-state index >= 15 is 0 Å². The molecule has 3 atom stereocenters. The quantitative estimate of drug-likeness (QED) is 0.566. The molecule has 0 unspecified atom stereocenters. The standard InChI is InChI=1S/C10H13NO3/c1-14-10(13)7-5-6-3-2-4-8(12)9(6)11-7/h2-4,7-9,11-12H,5H2,1H3/t7-,8-,9-/m0/s1. The number of methoxy groups -OCH3 is 1. The molecule has 4 heteroatoms. The van der Waals surface area contributed by atoms with Crippen molar-refractivity contribution in [1.29, 1.82) is 0 Å². The predicted octanol–water partition coefficient (Wildman–Crippen LogP) is -0.253. The van der Waals surface area contributed by atoms with Crippen molar-refractivity contribution in [3.8, 4) is 0 Å². The van der Waals surface area contributed by atoms with Crippen molar-refractivity contribution in [2.24, 2.45) is 0 Å². The number of esters is 1. The highest BCUT2D eigenvalue weighted by Gasteiger charge is 2.37. The third-order valence-electron chi connectivity index (χ3n) is 2.67. The van der Waals surface area contributed by atoms with Crippen LogP contribution in [0.15, 0.2) is 23.8 Å². The van der Waals surface area contributed by atoms with E-state index in [0.29, 0.717) is 6.42 Å². The van der Waals surface area contributed by atoms with Gasteiger partial charge in [-0.3, -0.25) is 10.1 Å². The first kappa shape index (κ1) is 9.43. The van der Waals surface area contributed by atoms with Crippen molar-refractivity contribution in [1.82, 2.24) is 5.32 Å². The van der Waals surface area contributed by atoms with Gasteiger partial charge in [0, 0.05) is 0 Å². The van der Waals surface area contributed by atoms with Crippen molar-refractivity contribution in [2.75, 3.05) is 7.11 Å². The summed E-state index contributed by atoms with van der Waals surface area (Å²) in [6, 6.07) is -0.435. The van der Waals surface area contributed by atoms with Crippen LogP contribution >= 0.6 is 0 Å². The number of aliphatic hydroxyl groups excluding tert-OH is 1. The van der Waals surface area contributed by atoms with Crippen LogP contribution in [-0.2, 0) is 9.53 Å². The highest BCUT2D eigenvalue weighted by atomic mass is 16.5. The van der Waals surface area contributed by atoms with Crippen LogP contribution in [0, 0.1) is 0 Å². The number of allylic oxidation sites excluding steroid dienone is 2. The lowest BCUT2D eigenvalue weighted by Gasteiger charge is -2.19. The van der Waals surface area contributed by atoms with Crippen LogP contribution in [0.1, 0.15) is 6.42 Å². The normalized spacial score (nSPS) is 35.0. The van der Waals surface area contributed by atoms with Crippen molar-refractivity contribution in [3.05, 3.63) is 23.8 Å². The summed E-state index contributed by atoms with van der Waals surface area (Å²) in [6.07, 6.45) is 5.55. The molecule has 2 rings (SSSR count). The molecule has 0 aromatic heterocycles. The van der Waals surface area contributed by atoms with Crippen LogP contribution in [0.5, 0.6) is 0 Å². The van der Waals surface area contributed by atoms with E-state index in [9.17, 15) is 9.90 Å². The topological polar surface area (TPSA) is 58.6 Å². The van der Waals surface area contributed by atoms with E-state index < -0.39 is 6.10 Å². The molecule has 1 aliphatic carbocycles. The number of nitrogens with one attached hydrogen (secondary N) is 1. The fourth-order valence-corrected chi connectivity index (χ4v) is 1.93. The van der Waals surface area contributed by atoms with Gasteiger partial charge < -0.3 is 9.84 Å². The molecule has 2 aliphatic rings. The lowest BCUT2D eigenvalue weighted by atomic mass is 9.97. The summed E-state index contributed by atoms with van der Waals surface area (Å²) in [5, 5.41) is 12.7. The molecule has 0 bridgehead atoms. The molecular weight excluding hydrogens is 182 g/mol. The first-order chi connectivity index (χ1) is 6.72. The third kappa shape index (κ3) is 1.47. The second-order valence-electron chi connectivity index (χ2n) is 3.54. The highest BCUT2D eigenvalue weighted by molar-refractivity contribution is 5.77. The van der Waals surface area contributed by atoms with Gasteiger partial charge in [0.15, 0.2) is 0 Å². The monoisotopic (exact) mass is 195 g/mol. The molecule has 2 N–H and O–H groups in total. The molecule has 1 aliphatic heterocycles. The van der Waals surface area contributed by atoms with Gasteiger partial charge in [0.1, 0.15) is 6.04 Å². The first-order valence-electron chi connectivity index (χ1n) is 4.61. The summed E-state index contributed by atoms with van der Waals surface area (Å²) in [6.45, 7) is 0. The minimum atomic E-state index is -0.537. The number of carbonyl (C=O) groups excluding carboxylic acids is 1. The Kier molecular flexibility index (Phi) is 2.39. The van der Waals surface area contributed by atoms with E-state index in [1.165, 1.54) is 7.11 Å². The van der Waals surface area contributed by atoms with Crippen LogP contribution < -0.4 is 5.32 Å². The first-order valence-corrected chi connectivity index (χ1v) is 4.61. The van der Waals surface area contributed by atoms with Crippen molar-refractivity contribution >= 4 is 5.97 Å². The molecule has 1 heterocycles. The predicted molar refractivity (Wildman–Crippen MR) is 50.6 cm³/mol. The summed E-state index contributed by atoms with van der Waals surface area (Å²) >= 11 is 0. The van der Waals surface area contributed by atoms with Gasteiger partial charge in [0.05, 0.1) is 19.3 Å². The molecule has 0 radical (unpaired) electrons. The molecule has 1 fully saturated rings. The Morgan fingerprint density at radius 1 is 1.71 bits per heavy atom. The SMILES string of the molecule is COC(=O)[C@@H]1CC2=CC=C[C@H](O)[C@H]2N1. The summed E-state index contributed by atoms with van der Waals surface area (Å²) in [7, 11) is 1.37. The minimum Gasteiger partial charge on any atom is -0.468 e. The van der Waals surface area contributed by atoms with Gasteiger partial charge in [0.25, 0.3) is 0 Å². The highest BCUT2D eigenvalue weighted by Crippen LogP contribution is 2.25. The molecule has 76 valence electrons. The van der Waals surface area contributed by atoms with Gasteiger partial charge >= 0.3 is 5.97 Å². The summed E-state index contributed by atoms with van der Waals surface area (Å²) in [4.78, 5) is 11.3. The van der Waals surface area contributed by atoms with Gasteiger partial charge in [-0.1, -0.05) is 18.2 Å². The third-order valence-corrected chi connectivity index (χ3v) is 2.67. The molecular formula is C10H13NO3. The van der Waals surface area contributed by atoms with E-state index in [1.807, 2.05) is 12.2 Å². The van der Waals surface area contributed by atoms with Crippen LogP contribution in [-0.4, -0.2) is 36.4 Å². The molecule has 0 saturated carbocycles. The second kappa shape index (κ2) is 3.55. The molecule has 0 aromatic carbocycles. The fourth-order valence-electron chi connectivity index (χ4n) is 1.93. The maximum Gasteiger partial charge on any atom is 0.323 e. The molecule has 0 spiro atoms. The number of hydrogen-bond donors (Lipinski definition) is 2. The average molecular weight is 195 g/mol. The molecule has 4 nitrogen and oxygen atoms in total. The van der Waals surface area contributed by atoms with Gasteiger partial charge in [-0.25, -0.2) is 0 Å². The number of hydrogen-bond acceptors (Lipinski definition) is 4. The maximum atomic E-state index is 11.3. The Bertz CT molecular complexity index is 308. The zero-order valence-electron chi connectivity index (χ0n) is 7.93. The van der Waals surface area contributed by atoms with Crippen LogP contribution in [0.3, 0.4) is 0 Å². The smallest absolute Gasteiger partial charge is 0.323 e. The Morgan fingerprint density at radius 3 is 3.14 bits per heavy atom. The summed E-state index contributed by atoms with van der Waals surface area (Å²) in [5.74, 6) is -0.271. The fraction of sp³-hybridized carbons (Fsp3) is 0.500. The number of fused-ring (bicyclic) bond motifs is 1. The zero-order valence-corrected chi connectivity index (χ0v) is 7.93. The van der Waals surface area contributed by atoms with Crippen LogP contribution in [0.25, 0.3) is 0 Å². The van der Waals surface area contributed by atoms with E-state index in [1.54, 1.807) is 6.08 Å². The van der Waals surface area contributed by atoms with Gasteiger partial charge in [-0.2, -0.15) is 0 Å². The Labute approximate surface area is 82.3 Å². The van der Waals surface area contributed by atoms with Gasteiger partial charge in [-0.15, -0.1) is 0 Å². The van der Waals surface area contributed by atoms with E-state index in [-0.39, 0.29) is 18.1 Å². The van der Waals surface area contributed by atoms with Crippen molar-refractivity contribution in [3.63, 3.8) is 0 Å². The van der Waals surface area contributed by atoms with Crippen molar-refractivity contribution < 1.29 is 14.6 Å². The Hall–Kier alpha value is -1.13. The maximum absolute atomic E-state index is 11.3. The van der Waals surface area contributed by atoms with E-state index in [4.69, 9.17) is 0 Å². The molecule has 0 amide bonds. The molecule has 1 saturated heterocycles. The number of carbonyl (C=O) groups is 1. The number of aliphatic hydroxyl groups is 1. The van der Waals surface area contributed by atoms with E-state index in [0.717, 1.165) is 5.57 Å². The lowest BCUT2D eigenvalue weighted by Crippen LogP contribution is -2.42. The van der Waals surface area contributed by atoms with Crippen LogP contribution in [0.2, 0.25) is 0 Å². The number of ether oxygens (including phenoxy) is 1. The summed E-state index contributed by atoms with van der Waals surface area (Å²) < 4.78 is 4.64. The Morgan fingerprint density at radius 2 is 2.50 bits per heavy atom. The van der Waals surface area contributed by atoms with Crippen molar-refractivity contribution in [2.45, 2.75) is 24.6 Å². The molecule has 14 heavy (non-hydrogen) atoms. The average Bonchev–Trinajstić information content (AvgIpc) is 2.62. The second-order valence-corrected chi connectivity index (χ2v) is 3.54. The minimum absolute atomic E-state index is 0.121. The Balaban J connectivity index is 2.11.